The molecule has 0 unspecified atom stereocenters. The number of anilines is 1. The number of nitrogens with zero attached hydrogens (tertiary/aromatic N) is 2. The summed E-state index contributed by atoms with van der Waals surface area (Å²) in [4.78, 5) is 20.5. The second-order valence-electron chi connectivity index (χ2n) is 7.40. The fourth-order valence-corrected chi connectivity index (χ4v) is 4.55. The summed E-state index contributed by atoms with van der Waals surface area (Å²) >= 11 is 0. The number of piperidine rings is 1. The van der Waals surface area contributed by atoms with Gasteiger partial charge < -0.3 is 14.5 Å². The fraction of sp³-hybridized carbons (Fsp3) is 0.684. The Kier molecular flexibility index (Phi) is 4.69. The molecule has 4 rings (SSSR count). The predicted molar refractivity (Wildman–Crippen MR) is 92.0 cm³/mol. The number of hydrogen-bond donors (Lipinski definition) is 0. The molecule has 1 aromatic rings. The molecule has 1 aliphatic carbocycles. The number of aromatic nitrogens is 1. The number of carbonyl (C=O) groups is 1. The molecule has 5 nitrogen and oxygen atoms in total. The van der Waals surface area contributed by atoms with Gasteiger partial charge in [-0.15, -0.1) is 0 Å². The highest BCUT2D eigenvalue weighted by Crippen LogP contribution is 2.36. The largest absolute Gasteiger partial charge is 0.378 e. The van der Waals surface area contributed by atoms with E-state index in [1.165, 1.54) is 32.1 Å². The van der Waals surface area contributed by atoms with E-state index >= 15 is 0 Å². The quantitative estimate of drug-likeness (QED) is 0.833. The van der Waals surface area contributed by atoms with E-state index in [1.54, 1.807) is 0 Å². The lowest BCUT2D eigenvalue weighted by Crippen LogP contribution is -2.46. The molecule has 2 atom stereocenters. The van der Waals surface area contributed by atoms with Crippen LogP contribution in [0.15, 0.2) is 18.3 Å². The number of ether oxygens (including phenoxy) is 1. The molecule has 1 aromatic heterocycles. The van der Waals surface area contributed by atoms with Crippen LogP contribution in [-0.4, -0.2) is 50.2 Å². The maximum atomic E-state index is 13.0. The molecule has 1 amide bonds. The van der Waals surface area contributed by atoms with Crippen molar-refractivity contribution in [2.75, 3.05) is 44.3 Å². The zero-order valence-electron chi connectivity index (χ0n) is 14.4. The monoisotopic (exact) mass is 330 g/mol. The number of pyridine rings is 1. The lowest BCUT2D eigenvalue weighted by atomic mass is 9.75. The van der Waals surface area contributed by atoms with E-state index in [0.29, 0.717) is 5.69 Å². The molecule has 2 aliphatic heterocycles. The molecule has 2 saturated heterocycles. The summed E-state index contributed by atoms with van der Waals surface area (Å²) in [5, 5.41) is 0. The van der Waals surface area contributed by atoms with Crippen molar-refractivity contribution in [2.45, 2.75) is 32.1 Å². The Morgan fingerprint density at radius 3 is 2.71 bits per heavy atom. The van der Waals surface area contributed by atoms with Crippen molar-refractivity contribution in [3.05, 3.63) is 24.0 Å². The average Bonchev–Trinajstić information content (AvgIpc) is 2.68. The number of hydrogen-bond acceptors (Lipinski definition) is 3. The van der Waals surface area contributed by atoms with Crippen LogP contribution < -0.4 is 9.88 Å². The van der Waals surface area contributed by atoms with Crippen LogP contribution in [-0.2, 0) is 4.74 Å². The number of rotatable bonds is 2. The molecule has 0 radical (unpaired) electrons. The molecule has 0 aromatic carbocycles. The van der Waals surface area contributed by atoms with Gasteiger partial charge in [0.25, 0.3) is 5.69 Å². The topological polar surface area (TPSA) is 46.9 Å². The van der Waals surface area contributed by atoms with Crippen molar-refractivity contribution < 1.29 is 14.5 Å². The summed E-state index contributed by atoms with van der Waals surface area (Å²) in [6.45, 7) is 5.17. The molecule has 5 heteroatoms. The van der Waals surface area contributed by atoms with Gasteiger partial charge in [0.15, 0.2) is 6.20 Å². The Bertz CT molecular complexity index is 586. The molecular formula is C19H28N3O2+. The van der Waals surface area contributed by atoms with Crippen molar-refractivity contribution in [1.82, 2.24) is 4.90 Å². The normalized spacial score (nSPS) is 27.7. The summed E-state index contributed by atoms with van der Waals surface area (Å²) in [6, 6.07) is 4.07. The summed E-state index contributed by atoms with van der Waals surface area (Å²) in [7, 11) is 0. The summed E-state index contributed by atoms with van der Waals surface area (Å²) in [6.07, 6.45) is 8.45. The average molecular weight is 330 g/mol. The van der Waals surface area contributed by atoms with Gasteiger partial charge in [-0.25, -0.2) is 4.98 Å². The third-order valence-electron chi connectivity index (χ3n) is 5.97. The smallest absolute Gasteiger partial charge is 0.318 e. The molecule has 0 bridgehead atoms. The van der Waals surface area contributed by atoms with Gasteiger partial charge in [0, 0.05) is 44.0 Å². The lowest BCUT2D eigenvalue weighted by Gasteiger charge is -2.40. The number of amides is 1. The second-order valence-corrected chi connectivity index (χ2v) is 7.40. The molecular weight excluding hydrogens is 302 g/mol. The minimum atomic E-state index is 0.161. The highest BCUT2D eigenvalue weighted by Gasteiger charge is 2.34. The minimum Gasteiger partial charge on any atom is -0.378 e. The zero-order chi connectivity index (χ0) is 16.4. The third kappa shape index (κ3) is 3.27. The summed E-state index contributed by atoms with van der Waals surface area (Å²) < 4.78 is 5.42. The number of H-pyrrole nitrogens is 1. The maximum absolute atomic E-state index is 13.0. The number of likely N-dealkylation sites (tertiary alicyclic amines) is 1. The molecule has 0 spiro atoms. The highest BCUT2D eigenvalue weighted by atomic mass is 16.5. The van der Waals surface area contributed by atoms with Crippen LogP contribution in [0.25, 0.3) is 0 Å². The van der Waals surface area contributed by atoms with Crippen LogP contribution >= 0.6 is 0 Å². The third-order valence-corrected chi connectivity index (χ3v) is 5.97. The van der Waals surface area contributed by atoms with Gasteiger partial charge in [0.2, 0.25) is 0 Å². The molecule has 1 N–H and O–H groups in total. The van der Waals surface area contributed by atoms with Crippen molar-refractivity contribution in [3.63, 3.8) is 0 Å². The van der Waals surface area contributed by atoms with Gasteiger partial charge in [-0.3, -0.25) is 4.79 Å². The van der Waals surface area contributed by atoms with E-state index in [9.17, 15) is 4.79 Å². The van der Waals surface area contributed by atoms with Gasteiger partial charge in [-0.05, 0) is 24.7 Å². The first-order valence-electron chi connectivity index (χ1n) is 9.45. The zero-order valence-corrected chi connectivity index (χ0v) is 14.4. The predicted octanol–water partition coefficient (Wildman–Crippen LogP) is 1.99. The SMILES string of the molecule is O=C(c1cc(N2CCOCC2)cc[nH+]1)N1CC[C@@H]2CCCC[C@H]2C1. The standard InChI is InChI=1S/C19H27N3O2/c23-19(22-8-6-15-3-1-2-4-16(15)14-22)18-13-17(5-7-20-18)21-9-11-24-12-10-21/h5,7,13,15-16H,1-4,6,8-12,14H2/p+1/t15-,16-/m0/s1. The van der Waals surface area contributed by atoms with E-state index < -0.39 is 0 Å². The van der Waals surface area contributed by atoms with Gasteiger partial charge in [0.1, 0.15) is 0 Å². The van der Waals surface area contributed by atoms with Crippen LogP contribution in [0.1, 0.15) is 42.6 Å². The molecule has 3 heterocycles. The van der Waals surface area contributed by atoms with Crippen molar-refractivity contribution in [1.29, 1.82) is 0 Å². The van der Waals surface area contributed by atoms with Gasteiger partial charge in [-0.1, -0.05) is 19.3 Å². The van der Waals surface area contributed by atoms with E-state index in [2.05, 4.69) is 20.9 Å². The fourth-order valence-electron chi connectivity index (χ4n) is 4.55. The van der Waals surface area contributed by atoms with E-state index in [-0.39, 0.29) is 5.91 Å². The highest BCUT2D eigenvalue weighted by molar-refractivity contribution is 5.91. The summed E-state index contributed by atoms with van der Waals surface area (Å²) in [5.74, 6) is 1.74. The molecule has 24 heavy (non-hydrogen) atoms. The van der Waals surface area contributed by atoms with Crippen LogP contribution in [0.2, 0.25) is 0 Å². The van der Waals surface area contributed by atoms with Crippen molar-refractivity contribution in [2.24, 2.45) is 11.8 Å². The Morgan fingerprint density at radius 1 is 1.08 bits per heavy atom. The molecule has 1 saturated carbocycles. The van der Waals surface area contributed by atoms with Gasteiger partial charge >= 0.3 is 5.91 Å². The lowest BCUT2D eigenvalue weighted by molar-refractivity contribution is -0.382. The number of fused-ring (bicyclic) bond motifs is 1. The van der Waals surface area contributed by atoms with Crippen molar-refractivity contribution in [3.8, 4) is 0 Å². The Morgan fingerprint density at radius 2 is 1.88 bits per heavy atom. The van der Waals surface area contributed by atoms with Crippen LogP contribution in [0.5, 0.6) is 0 Å². The molecule has 3 aliphatic rings. The van der Waals surface area contributed by atoms with Crippen molar-refractivity contribution >= 4 is 11.6 Å². The van der Waals surface area contributed by atoms with E-state index in [1.807, 2.05) is 12.3 Å². The first kappa shape index (κ1) is 15.9. The molecule has 130 valence electrons. The van der Waals surface area contributed by atoms with Crippen LogP contribution in [0, 0.1) is 11.8 Å². The molecule has 3 fully saturated rings. The first-order chi connectivity index (χ1) is 11.8. The van der Waals surface area contributed by atoms with Crippen LogP contribution in [0.4, 0.5) is 5.69 Å². The summed E-state index contributed by atoms with van der Waals surface area (Å²) in [5.41, 5.74) is 1.83. The van der Waals surface area contributed by atoms with Gasteiger partial charge in [-0.2, -0.15) is 0 Å². The van der Waals surface area contributed by atoms with Crippen LogP contribution in [0.3, 0.4) is 0 Å². The number of nitrogens with one attached hydrogen (secondary N) is 1. The number of aromatic amines is 1. The number of carbonyl (C=O) groups excluding carboxylic acids is 1. The minimum absolute atomic E-state index is 0.161. The first-order valence-corrected chi connectivity index (χ1v) is 9.45. The number of morpholine rings is 1. The Balaban J connectivity index is 1.46. The Hall–Kier alpha value is -1.62. The Labute approximate surface area is 144 Å². The second kappa shape index (κ2) is 7.09. The maximum Gasteiger partial charge on any atom is 0.318 e. The van der Waals surface area contributed by atoms with E-state index in [4.69, 9.17) is 4.74 Å². The van der Waals surface area contributed by atoms with Gasteiger partial charge in [0.05, 0.1) is 13.2 Å². The van der Waals surface area contributed by atoms with E-state index in [0.717, 1.165) is 56.9 Å².